The zero-order valence-electron chi connectivity index (χ0n) is 14.3. The van der Waals surface area contributed by atoms with E-state index in [9.17, 15) is 13.6 Å². The molecule has 7 heteroatoms. The summed E-state index contributed by atoms with van der Waals surface area (Å²) in [6.07, 6.45) is 0. The number of aromatic carboxylic acids is 1. The van der Waals surface area contributed by atoms with Crippen LogP contribution in [0.25, 0.3) is 22.3 Å². The molecule has 5 nitrogen and oxygen atoms in total. The first kappa shape index (κ1) is 17.7. The molecule has 3 aromatic rings. The number of carboxylic acid groups (broad SMARTS) is 1. The van der Waals surface area contributed by atoms with Crippen LogP contribution < -0.4 is 4.90 Å². The highest BCUT2D eigenvalue weighted by Gasteiger charge is 2.19. The number of halogens is 2. The lowest BCUT2D eigenvalue weighted by Crippen LogP contribution is -2.24. The number of carbonyl (C=O) groups is 1. The number of rotatable bonds is 5. The molecular weight excluding hydrogens is 340 g/mol. The fraction of sp³-hybridized carbons (Fsp3) is 0.211. The second-order valence-corrected chi connectivity index (χ2v) is 5.70. The Morgan fingerprint density at radius 1 is 1.04 bits per heavy atom. The first-order chi connectivity index (χ1) is 12.4. The van der Waals surface area contributed by atoms with E-state index >= 15 is 0 Å². The van der Waals surface area contributed by atoms with Gasteiger partial charge < -0.3 is 10.0 Å². The van der Waals surface area contributed by atoms with Crippen molar-refractivity contribution in [1.82, 2.24) is 9.97 Å². The largest absolute Gasteiger partial charge is 0.478 e. The van der Waals surface area contributed by atoms with E-state index in [0.29, 0.717) is 35.6 Å². The van der Waals surface area contributed by atoms with Gasteiger partial charge in [0.1, 0.15) is 17.3 Å². The Labute approximate surface area is 148 Å². The molecule has 0 fully saturated rings. The van der Waals surface area contributed by atoms with E-state index in [1.165, 1.54) is 30.3 Å². The Morgan fingerprint density at radius 2 is 1.77 bits per heavy atom. The van der Waals surface area contributed by atoms with Crippen molar-refractivity contribution in [2.24, 2.45) is 0 Å². The SMILES string of the molecule is CCN(CC)c1nc2cc(C(=O)O)ccc2nc1-c1ccc(F)cc1F. The van der Waals surface area contributed by atoms with Gasteiger partial charge >= 0.3 is 5.97 Å². The highest BCUT2D eigenvalue weighted by molar-refractivity contribution is 5.93. The van der Waals surface area contributed by atoms with Crippen molar-refractivity contribution in [2.45, 2.75) is 13.8 Å². The van der Waals surface area contributed by atoms with Crippen molar-refractivity contribution >= 4 is 22.8 Å². The van der Waals surface area contributed by atoms with Crippen molar-refractivity contribution < 1.29 is 18.7 Å². The average Bonchev–Trinajstić information content (AvgIpc) is 2.62. The Balaban J connectivity index is 2.30. The third-order valence-electron chi connectivity index (χ3n) is 4.14. The van der Waals surface area contributed by atoms with E-state index in [2.05, 4.69) is 9.97 Å². The average molecular weight is 357 g/mol. The second-order valence-electron chi connectivity index (χ2n) is 5.70. The van der Waals surface area contributed by atoms with Crippen LogP contribution in [0.15, 0.2) is 36.4 Å². The summed E-state index contributed by atoms with van der Waals surface area (Å²) in [5, 5.41) is 9.17. The van der Waals surface area contributed by atoms with Gasteiger partial charge in [-0.2, -0.15) is 0 Å². The maximum absolute atomic E-state index is 14.4. The zero-order chi connectivity index (χ0) is 18.8. The molecule has 0 radical (unpaired) electrons. The minimum absolute atomic E-state index is 0.0954. The molecule has 2 aromatic carbocycles. The van der Waals surface area contributed by atoms with E-state index in [4.69, 9.17) is 5.11 Å². The number of nitrogens with zero attached hydrogens (tertiary/aromatic N) is 3. The molecule has 0 atom stereocenters. The highest BCUT2D eigenvalue weighted by atomic mass is 19.1. The molecule has 0 unspecified atom stereocenters. The monoisotopic (exact) mass is 357 g/mol. The molecule has 134 valence electrons. The fourth-order valence-corrected chi connectivity index (χ4v) is 2.78. The van der Waals surface area contributed by atoms with Crippen molar-refractivity contribution in [3.05, 3.63) is 53.6 Å². The third-order valence-corrected chi connectivity index (χ3v) is 4.14. The molecule has 0 amide bonds. The molecule has 1 aromatic heterocycles. The molecule has 0 spiro atoms. The predicted octanol–water partition coefficient (Wildman–Crippen LogP) is 4.12. The van der Waals surface area contributed by atoms with Crippen LogP contribution in [0.5, 0.6) is 0 Å². The van der Waals surface area contributed by atoms with Crippen LogP contribution in [0.3, 0.4) is 0 Å². The third kappa shape index (κ3) is 3.20. The molecule has 0 aliphatic rings. The molecule has 1 heterocycles. The molecule has 0 saturated heterocycles. The Hall–Kier alpha value is -3.09. The van der Waals surface area contributed by atoms with Crippen molar-refractivity contribution in [1.29, 1.82) is 0 Å². The van der Waals surface area contributed by atoms with E-state index in [1.807, 2.05) is 18.7 Å². The van der Waals surface area contributed by atoms with Gasteiger partial charge in [-0.25, -0.2) is 23.5 Å². The second kappa shape index (κ2) is 7.03. The Bertz CT molecular complexity index is 988. The summed E-state index contributed by atoms with van der Waals surface area (Å²) in [7, 11) is 0. The normalized spacial score (nSPS) is 10.9. The molecule has 3 rings (SSSR count). The van der Waals surface area contributed by atoms with Crippen LogP contribution in [-0.4, -0.2) is 34.1 Å². The topological polar surface area (TPSA) is 66.3 Å². The number of benzene rings is 2. The maximum atomic E-state index is 14.4. The van der Waals surface area contributed by atoms with Gasteiger partial charge in [0.2, 0.25) is 0 Å². The van der Waals surface area contributed by atoms with Gasteiger partial charge in [0.25, 0.3) is 0 Å². The van der Waals surface area contributed by atoms with Crippen LogP contribution in [0.1, 0.15) is 24.2 Å². The number of anilines is 1. The Morgan fingerprint density at radius 3 is 2.38 bits per heavy atom. The van der Waals surface area contributed by atoms with Crippen molar-refractivity contribution in [3.8, 4) is 11.3 Å². The summed E-state index contributed by atoms with van der Waals surface area (Å²) in [6.45, 7) is 5.05. The van der Waals surface area contributed by atoms with Crippen LogP contribution in [0.2, 0.25) is 0 Å². The van der Waals surface area contributed by atoms with E-state index in [-0.39, 0.29) is 11.1 Å². The predicted molar refractivity (Wildman–Crippen MR) is 95.4 cm³/mol. The minimum atomic E-state index is -1.06. The lowest BCUT2D eigenvalue weighted by Gasteiger charge is -2.23. The summed E-state index contributed by atoms with van der Waals surface area (Å²) in [5.41, 5.74) is 1.37. The molecule has 26 heavy (non-hydrogen) atoms. The number of fused-ring (bicyclic) bond motifs is 1. The minimum Gasteiger partial charge on any atom is -0.478 e. The van der Waals surface area contributed by atoms with E-state index in [1.54, 1.807) is 0 Å². The summed E-state index contributed by atoms with van der Waals surface area (Å²) >= 11 is 0. The molecule has 0 aliphatic carbocycles. The Kier molecular flexibility index (Phi) is 4.79. The lowest BCUT2D eigenvalue weighted by atomic mass is 10.1. The van der Waals surface area contributed by atoms with Gasteiger partial charge in [0, 0.05) is 24.7 Å². The van der Waals surface area contributed by atoms with Crippen LogP contribution >= 0.6 is 0 Å². The molecule has 1 N–H and O–H groups in total. The fourth-order valence-electron chi connectivity index (χ4n) is 2.78. The van der Waals surface area contributed by atoms with Gasteiger partial charge in [-0.3, -0.25) is 0 Å². The number of hydrogen-bond acceptors (Lipinski definition) is 4. The smallest absolute Gasteiger partial charge is 0.335 e. The highest BCUT2D eigenvalue weighted by Crippen LogP contribution is 2.32. The molecule has 0 bridgehead atoms. The summed E-state index contributed by atoms with van der Waals surface area (Å²) in [6, 6.07) is 7.69. The maximum Gasteiger partial charge on any atom is 0.335 e. The van der Waals surface area contributed by atoms with E-state index in [0.717, 1.165) is 6.07 Å². The number of aromatic nitrogens is 2. The standard InChI is InChI=1S/C19H17F2N3O2/c1-3-24(4-2)18-17(13-7-6-12(20)10-14(13)21)22-15-8-5-11(19(25)26)9-16(15)23-18/h5-10H,3-4H2,1-2H3,(H,25,26). The first-order valence-corrected chi connectivity index (χ1v) is 8.20. The number of hydrogen-bond donors (Lipinski definition) is 1. The molecule has 0 saturated carbocycles. The summed E-state index contributed by atoms with van der Waals surface area (Å²) in [4.78, 5) is 22.1. The lowest BCUT2D eigenvalue weighted by molar-refractivity contribution is 0.0697. The van der Waals surface area contributed by atoms with Gasteiger partial charge in [-0.05, 0) is 44.2 Å². The van der Waals surface area contributed by atoms with E-state index < -0.39 is 17.6 Å². The van der Waals surface area contributed by atoms with Gasteiger partial charge in [-0.1, -0.05) is 0 Å². The van der Waals surface area contributed by atoms with Crippen LogP contribution in [0.4, 0.5) is 14.6 Å². The molecular formula is C19H17F2N3O2. The van der Waals surface area contributed by atoms with Gasteiger partial charge in [0.15, 0.2) is 5.82 Å². The summed E-state index contributed by atoms with van der Waals surface area (Å²) in [5.74, 6) is -2.04. The zero-order valence-corrected chi connectivity index (χ0v) is 14.3. The van der Waals surface area contributed by atoms with Crippen LogP contribution in [-0.2, 0) is 0 Å². The number of carboxylic acids is 1. The van der Waals surface area contributed by atoms with Crippen molar-refractivity contribution in [2.75, 3.05) is 18.0 Å². The summed E-state index contributed by atoms with van der Waals surface area (Å²) < 4.78 is 27.6. The van der Waals surface area contributed by atoms with Gasteiger partial charge in [0.05, 0.1) is 16.6 Å². The molecule has 0 aliphatic heterocycles. The quantitative estimate of drug-likeness (QED) is 0.744. The first-order valence-electron chi connectivity index (χ1n) is 8.20. The van der Waals surface area contributed by atoms with Gasteiger partial charge in [-0.15, -0.1) is 0 Å². The van der Waals surface area contributed by atoms with Crippen molar-refractivity contribution in [3.63, 3.8) is 0 Å². The van der Waals surface area contributed by atoms with Crippen LogP contribution in [0, 0.1) is 11.6 Å².